The van der Waals surface area contributed by atoms with Crippen LogP contribution in [0.15, 0.2) is 182 Å². The number of hydrogen-bond acceptors (Lipinski definition) is 4. The fraction of sp³-hybridized carbons (Fsp3) is 0.119. The Morgan fingerprint density at radius 3 is 1.03 bits per heavy atom. The lowest BCUT2D eigenvalue weighted by molar-refractivity contribution is 0.131. The van der Waals surface area contributed by atoms with Crippen LogP contribution >= 0.6 is 0 Å². The molecule has 0 saturated carbocycles. The molecule has 0 heterocycles. The number of ether oxygens (including phenoxy) is 2. The van der Waals surface area contributed by atoms with E-state index in [1.165, 1.54) is 0 Å². The first-order chi connectivity index (χ1) is 30.7. The van der Waals surface area contributed by atoms with Crippen LogP contribution in [0.5, 0.6) is 23.0 Å². The predicted octanol–water partition coefficient (Wildman–Crippen LogP) is 15.6. The van der Waals surface area contributed by atoms with Crippen molar-refractivity contribution in [1.82, 2.24) is 0 Å². The van der Waals surface area contributed by atoms with E-state index < -0.39 is 0 Å². The van der Waals surface area contributed by atoms with Crippen molar-refractivity contribution in [3.05, 3.63) is 193 Å². The summed E-state index contributed by atoms with van der Waals surface area (Å²) in [4.78, 5) is 0. The third kappa shape index (κ3) is 7.38. The molecule has 0 unspecified atom stereocenters. The Kier molecular flexibility index (Phi) is 10.3. The van der Waals surface area contributed by atoms with Crippen molar-refractivity contribution in [2.24, 2.45) is 0 Å². The molecule has 0 bridgehead atoms. The molecule has 10 aromatic rings. The van der Waals surface area contributed by atoms with E-state index in [1.54, 1.807) is 0 Å². The Labute approximate surface area is 368 Å². The fourth-order valence-electron chi connectivity index (χ4n) is 9.54. The number of rotatable bonds is 10. The second kappa shape index (κ2) is 16.4. The maximum Gasteiger partial charge on any atom is 0.131 e. The lowest BCUT2D eigenvalue weighted by Gasteiger charge is -2.24. The summed E-state index contributed by atoms with van der Waals surface area (Å²) in [5.74, 6) is 1.81. The molecule has 0 fully saturated rings. The lowest BCUT2D eigenvalue weighted by Crippen LogP contribution is -2.23. The second-order valence-corrected chi connectivity index (χ2v) is 16.9. The van der Waals surface area contributed by atoms with Crippen molar-refractivity contribution in [3.8, 4) is 67.5 Å². The molecule has 0 aliphatic carbocycles. The number of aryl methyl sites for hydroxylation is 2. The summed E-state index contributed by atoms with van der Waals surface area (Å²) < 4.78 is 13.5. The van der Waals surface area contributed by atoms with E-state index in [1.807, 2.05) is 60.7 Å². The van der Waals surface area contributed by atoms with Gasteiger partial charge in [-0.3, -0.25) is 0 Å². The van der Waals surface area contributed by atoms with Gasteiger partial charge in [-0.1, -0.05) is 133 Å². The van der Waals surface area contributed by atoms with Crippen LogP contribution < -0.4 is 9.47 Å². The van der Waals surface area contributed by atoms with Gasteiger partial charge >= 0.3 is 0 Å². The van der Waals surface area contributed by atoms with Gasteiger partial charge in [-0.2, -0.15) is 0 Å². The smallest absolute Gasteiger partial charge is 0.131 e. The zero-order valence-corrected chi connectivity index (χ0v) is 35.9. The summed E-state index contributed by atoms with van der Waals surface area (Å²) in [6.45, 7) is 8.26. The minimum atomic E-state index is -0.236. The van der Waals surface area contributed by atoms with Gasteiger partial charge in [-0.05, 0) is 130 Å². The van der Waals surface area contributed by atoms with E-state index in [0.717, 1.165) is 98.7 Å². The molecule has 0 aliphatic rings. The van der Waals surface area contributed by atoms with E-state index in [0.29, 0.717) is 17.9 Å². The maximum atomic E-state index is 12.2. The van der Waals surface area contributed by atoms with Crippen LogP contribution in [0.2, 0.25) is 0 Å². The number of phenols is 2. The molecule has 0 radical (unpaired) electrons. The van der Waals surface area contributed by atoms with Gasteiger partial charge in [-0.15, -0.1) is 0 Å². The molecule has 2 atom stereocenters. The fourth-order valence-corrected chi connectivity index (χ4v) is 9.54. The second-order valence-electron chi connectivity index (χ2n) is 16.9. The third-order valence-corrected chi connectivity index (χ3v) is 12.3. The standard InChI is InChI=1S/C59H48O4/c1-36-29-50(58(60)52(31-36)56-44-21-9-5-17-40(44)34-41-18-6-10-22-45(41)56)48-25-13-15-27-54(48)62-38(3)33-39(4)63-55-28-16-14-26-49(55)51-30-37(2)32-53(59(51)61)57-46-23-11-7-19-42(46)35-43-20-8-12-24-47(43)57/h5-32,34-35,38-39,60-61H,33H2,1-4H3/t38-,39-/m0/s1. The molecule has 0 amide bonds. The average molecular weight is 821 g/mol. The van der Waals surface area contributed by atoms with Crippen molar-refractivity contribution in [3.63, 3.8) is 0 Å². The molecule has 0 spiro atoms. The van der Waals surface area contributed by atoms with E-state index in [2.05, 4.69) is 149 Å². The van der Waals surface area contributed by atoms with E-state index in [9.17, 15) is 10.2 Å². The zero-order chi connectivity index (χ0) is 43.2. The molecule has 0 aromatic heterocycles. The highest BCUT2D eigenvalue weighted by Gasteiger charge is 2.23. The molecular weight excluding hydrogens is 773 g/mol. The first kappa shape index (κ1) is 39.6. The molecule has 4 heteroatoms. The summed E-state index contributed by atoms with van der Waals surface area (Å²) in [6.07, 6.45) is 0.115. The topological polar surface area (TPSA) is 58.9 Å². The Hall–Kier alpha value is -7.56. The van der Waals surface area contributed by atoms with Gasteiger partial charge in [0, 0.05) is 50.9 Å². The SMILES string of the molecule is Cc1cc(-c2ccccc2O[C@@H](C)C[C@H](C)Oc2ccccc2-c2cc(C)cc(-c3c4ccccc4cc4ccccc34)c2O)c(O)c(-c2c3ccccc3cc3ccccc23)c1. The van der Waals surface area contributed by atoms with Gasteiger partial charge in [-0.25, -0.2) is 0 Å². The Bertz CT molecular complexity index is 3030. The summed E-state index contributed by atoms with van der Waals surface area (Å²) in [5.41, 5.74) is 8.76. The average Bonchev–Trinajstić information content (AvgIpc) is 3.29. The van der Waals surface area contributed by atoms with E-state index in [-0.39, 0.29) is 23.7 Å². The first-order valence-corrected chi connectivity index (χ1v) is 21.7. The molecule has 4 nitrogen and oxygen atoms in total. The molecule has 10 aromatic carbocycles. The quantitative estimate of drug-likeness (QED) is 0.135. The van der Waals surface area contributed by atoms with Crippen LogP contribution in [-0.2, 0) is 0 Å². The van der Waals surface area contributed by atoms with Crippen molar-refractivity contribution in [1.29, 1.82) is 0 Å². The minimum Gasteiger partial charge on any atom is -0.507 e. The zero-order valence-electron chi connectivity index (χ0n) is 35.9. The van der Waals surface area contributed by atoms with Crippen LogP contribution in [0.25, 0.3) is 87.6 Å². The Balaban J connectivity index is 0.945. The number of aromatic hydroxyl groups is 2. The first-order valence-electron chi connectivity index (χ1n) is 21.7. The van der Waals surface area contributed by atoms with Crippen LogP contribution in [0.3, 0.4) is 0 Å². The minimum absolute atomic E-state index is 0.218. The summed E-state index contributed by atoms with van der Waals surface area (Å²) in [5, 5.41) is 33.4. The molecule has 0 aliphatic heterocycles. The molecule has 63 heavy (non-hydrogen) atoms. The normalized spacial score (nSPS) is 12.5. The third-order valence-electron chi connectivity index (χ3n) is 12.3. The van der Waals surface area contributed by atoms with Gasteiger partial charge in [0.2, 0.25) is 0 Å². The number of phenolic OH excluding ortho intramolecular Hbond substituents is 2. The van der Waals surface area contributed by atoms with Crippen molar-refractivity contribution >= 4 is 43.1 Å². The number of fused-ring (bicyclic) bond motifs is 4. The van der Waals surface area contributed by atoms with E-state index >= 15 is 0 Å². The molecular formula is C59H48O4. The summed E-state index contributed by atoms with van der Waals surface area (Å²) >= 11 is 0. The highest BCUT2D eigenvalue weighted by molar-refractivity contribution is 6.15. The number of benzene rings is 10. The van der Waals surface area contributed by atoms with Crippen LogP contribution in [0.4, 0.5) is 0 Å². The summed E-state index contributed by atoms with van der Waals surface area (Å²) in [6, 6.07) is 62.0. The van der Waals surface area contributed by atoms with Crippen molar-refractivity contribution in [2.45, 2.75) is 46.3 Å². The lowest BCUT2D eigenvalue weighted by atomic mass is 9.88. The van der Waals surface area contributed by atoms with Gasteiger partial charge in [0.15, 0.2) is 0 Å². The Morgan fingerprint density at radius 2 is 0.667 bits per heavy atom. The highest BCUT2D eigenvalue weighted by atomic mass is 16.5. The molecule has 2 N–H and O–H groups in total. The maximum absolute atomic E-state index is 12.2. The van der Waals surface area contributed by atoms with Crippen molar-refractivity contribution in [2.75, 3.05) is 0 Å². The number of para-hydroxylation sites is 2. The van der Waals surface area contributed by atoms with Gasteiger partial charge in [0.1, 0.15) is 23.0 Å². The largest absolute Gasteiger partial charge is 0.507 e. The highest BCUT2D eigenvalue weighted by Crippen LogP contribution is 2.48. The Morgan fingerprint density at radius 1 is 0.365 bits per heavy atom. The molecule has 308 valence electrons. The predicted molar refractivity (Wildman–Crippen MR) is 262 cm³/mol. The molecule has 10 rings (SSSR count). The van der Waals surface area contributed by atoms with Crippen LogP contribution in [0, 0.1) is 13.8 Å². The van der Waals surface area contributed by atoms with E-state index in [4.69, 9.17) is 9.47 Å². The van der Waals surface area contributed by atoms with Crippen molar-refractivity contribution < 1.29 is 19.7 Å². The van der Waals surface area contributed by atoms with Gasteiger partial charge in [0.05, 0.1) is 12.2 Å². The number of hydrogen-bond donors (Lipinski definition) is 2. The van der Waals surface area contributed by atoms with Gasteiger partial charge in [0.25, 0.3) is 0 Å². The molecule has 0 saturated heterocycles. The van der Waals surface area contributed by atoms with Crippen LogP contribution in [0.1, 0.15) is 31.4 Å². The van der Waals surface area contributed by atoms with Gasteiger partial charge < -0.3 is 19.7 Å². The monoisotopic (exact) mass is 820 g/mol. The summed E-state index contributed by atoms with van der Waals surface area (Å²) in [7, 11) is 0. The van der Waals surface area contributed by atoms with Crippen LogP contribution in [-0.4, -0.2) is 22.4 Å².